The maximum absolute atomic E-state index is 12.5. The van der Waals surface area contributed by atoms with E-state index in [1.165, 1.54) is 25.1 Å². The number of non-ortho nitro benzene ring substituents is 1. The lowest BCUT2D eigenvalue weighted by atomic mass is 9.80. The van der Waals surface area contributed by atoms with E-state index in [9.17, 15) is 20.2 Å². The number of nitro benzene ring substituents is 1. The van der Waals surface area contributed by atoms with Gasteiger partial charge in [0.25, 0.3) is 5.69 Å². The number of carbonyl (C=O) groups is 1. The van der Waals surface area contributed by atoms with Crippen LogP contribution in [0.25, 0.3) is 5.76 Å². The van der Waals surface area contributed by atoms with Gasteiger partial charge in [0.05, 0.1) is 16.4 Å². The van der Waals surface area contributed by atoms with E-state index in [2.05, 4.69) is 0 Å². The molecule has 0 spiro atoms. The quantitative estimate of drug-likeness (QED) is 0.658. The second-order valence-corrected chi connectivity index (χ2v) is 5.94. The van der Waals surface area contributed by atoms with Crippen LogP contribution in [0.2, 0.25) is 0 Å². The van der Waals surface area contributed by atoms with Gasteiger partial charge >= 0.3 is 0 Å². The summed E-state index contributed by atoms with van der Waals surface area (Å²) in [6, 6.07) is 16.7. The van der Waals surface area contributed by atoms with Crippen LogP contribution in [0.1, 0.15) is 24.0 Å². The summed E-state index contributed by atoms with van der Waals surface area (Å²) in [5.74, 6) is -1.05. The van der Waals surface area contributed by atoms with Crippen LogP contribution in [0.4, 0.5) is 5.69 Å². The predicted molar refractivity (Wildman–Crippen MR) is 97.8 cm³/mol. The Bertz CT molecular complexity index is 1030. The van der Waals surface area contributed by atoms with E-state index in [0.29, 0.717) is 11.1 Å². The number of rotatable bonds is 4. The molecule has 134 valence electrons. The third kappa shape index (κ3) is 3.28. The summed E-state index contributed by atoms with van der Waals surface area (Å²) < 4.78 is 5.64. The highest BCUT2D eigenvalue weighted by atomic mass is 16.6. The first-order chi connectivity index (χ1) is 12.9. The molecular formula is C20H15N3O4. The standard InChI is InChI=1S/C20H15N3O4/c1-12(24)17-18(14-8-5-9-15(10-14)23(25)26)16(11-21)20(22)27-19(17)13-6-3-2-4-7-13/h2-10,18H,22H2,1H3. The van der Waals surface area contributed by atoms with Crippen LogP contribution >= 0.6 is 0 Å². The fourth-order valence-corrected chi connectivity index (χ4v) is 3.08. The first-order valence-electron chi connectivity index (χ1n) is 8.06. The van der Waals surface area contributed by atoms with Crippen molar-refractivity contribution in [3.05, 3.63) is 92.9 Å². The number of ether oxygens (including phenoxy) is 1. The van der Waals surface area contributed by atoms with Crippen LogP contribution in [0.15, 0.2) is 71.6 Å². The van der Waals surface area contributed by atoms with Gasteiger partial charge in [-0.05, 0) is 12.5 Å². The van der Waals surface area contributed by atoms with Crippen molar-refractivity contribution in [3.8, 4) is 6.07 Å². The molecule has 2 aromatic rings. The first-order valence-corrected chi connectivity index (χ1v) is 8.06. The molecule has 0 fully saturated rings. The number of carbonyl (C=O) groups excluding carboxylic acids is 1. The molecule has 2 N–H and O–H groups in total. The molecule has 2 aromatic carbocycles. The third-order valence-corrected chi connectivity index (χ3v) is 4.25. The average Bonchev–Trinajstić information content (AvgIpc) is 2.67. The minimum Gasteiger partial charge on any atom is -0.439 e. The Balaban J connectivity index is 2.29. The van der Waals surface area contributed by atoms with Crippen LogP contribution in [0, 0.1) is 21.4 Å². The van der Waals surface area contributed by atoms with Gasteiger partial charge in [0, 0.05) is 17.7 Å². The summed E-state index contributed by atoms with van der Waals surface area (Å²) in [6.07, 6.45) is 0. The fraction of sp³-hybridized carbons (Fsp3) is 0.100. The van der Waals surface area contributed by atoms with Crippen LogP contribution < -0.4 is 5.73 Å². The lowest BCUT2D eigenvalue weighted by Crippen LogP contribution is -2.23. The lowest BCUT2D eigenvalue weighted by molar-refractivity contribution is -0.384. The number of nitrogens with two attached hydrogens (primary N) is 1. The average molecular weight is 361 g/mol. The molecule has 0 aliphatic carbocycles. The van der Waals surface area contributed by atoms with Crippen molar-refractivity contribution in [2.75, 3.05) is 0 Å². The molecule has 7 heteroatoms. The Morgan fingerprint density at radius 2 is 1.93 bits per heavy atom. The van der Waals surface area contributed by atoms with E-state index in [1.807, 2.05) is 12.1 Å². The molecule has 1 unspecified atom stereocenters. The molecule has 27 heavy (non-hydrogen) atoms. The summed E-state index contributed by atoms with van der Waals surface area (Å²) in [7, 11) is 0. The van der Waals surface area contributed by atoms with Crippen molar-refractivity contribution in [1.82, 2.24) is 0 Å². The van der Waals surface area contributed by atoms with E-state index < -0.39 is 10.8 Å². The minimum atomic E-state index is -0.851. The van der Waals surface area contributed by atoms with Gasteiger partial charge in [-0.2, -0.15) is 5.26 Å². The monoisotopic (exact) mass is 361 g/mol. The number of allylic oxidation sites excluding steroid dienone is 2. The predicted octanol–water partition coefficient (Wildman–Crippen LogP) is 3.40. The van der Waals surface area contributed by atoms with Crippen LogP contribution in [0.5, 0.6) is 0 Å². The highest BCUT2D eigenvalue weighted by Crippen LogP contribution is 2.43. The van der Waals surface area contributed by atoms with Gasteiger partial charge in [0.15, 0.2) is 5.78 Å². The molecule has 0 radical (unpaired) electrons. The summed E-state index contributed by atoms with van der Waals surface area (Å²) in [5.41, 5.74) is 7.14. The Hall–Kier alpha value is -3.92. The van der Waals surface area contributed by atoms with Crippen molar-refractivity contribution in [2.24, 2.45) is 5.73 Å². The zero-order valence-electron chi connectivity index (χ0n) is 14.4. The molecule has 1 atom stereocenters. The summed E-state index contributed by atoms with van der Waals surface area (Å²) in [4.78, 5) is 23.1. The van der Waals surface area contributed by atoms with Crippen molar-refractivity contribution in [3.63, 3.8) is 0 Å². The topological polar surface area (TPSA) is 119 Å². The molecule has 1 aliphatic rings. The Morgan fingerprint density at radius 3 is 2.52 bits per heavy atom. The summed E-state index contributed by atoms with van der Waals surface area (Å²) >= 11 is 0. The molecule has 3 rings (SSSR count). The largest absolute Gasteiger partial charge is 0.439 e. The number of nitro groups is 1. The van der Waals surface area contributed by atoms with E-state index >= 15 is 0 Å². The van der Waals surface area contributed by atoms with Crippen molar-refractivity contribution >= 4 is 17.2 Å². The van der Waals surface area contributed by atoms with Crippen molar-refractivity contribution in [2.45, 2.75) is 12.8 Å². The molecule has 0 amide bonds. The molecule has 1 aliphatic heterocycles. The van der Waals surface area contributed by atoms with Gasteiger partial charge in [0.1, 0.15) is 17.4 Å². The summed E-state index contributed by atoms with van der Waals surface area (Å²) in [6.45, 7) is 1.36. The van der Waals surface area contributed by atoms with Gasteiger partial charge in [0.2, 0.25) is 5.88 Å². The lowest BCUT2D eigenvalue weighted by Gasteiger charge is -2.28. The molecule has 0 saturated carbocycles. The van der Waals surface area contributed by atoms with Crippen molar-refractivity contribution < 1.29 is 14.5 Å². The first kappa shape index (κ1) is 17.9. The van der Waals surface area contributed by atoms with E-state index in [1.54, 1.807) is 30.3 Å². The smallest absolute Gasteiger partial charge is 0.269 e. The van der Waals surface area contributed by atoms with Crippen molar-refractivity contribution in [1.29, 1.82) is 5.26 Å². The van der Waals surface area contributed by atoms with Crippen LogP contribution in [0.3, 0.4) is 0 Å². The van der Waals surface area contributed by atoms with Gasteiger partial charge in [-0.1, -0.05) is 42.5 Å². The number of nitrogens with zero attached hydrogens (tertiary/aromatic N) is 2. The van der Waals surface area contributed by atoms with Gasteiger partial charge < -0.3 is 10.5 Å². The number of hydrogen-bond donors (Lipinski definition) is 1. The number of hydrogen-bond acceptors (Lipinski definition) is 6. The van der Waals surface area contributed by atoms with E-state index in [4.69, 9.17) is 10.5 Å². The highest BCUT2D eigenvalue weighted by molar-refractivity contribution is 6.03. The molecular weight excluding hydrogens is 346 g/mol. The second kappa shape index (κ2) is 7.14. The molecule has 1 heterocycles. The Morgan fingerprint density at radius 1 is 1.22 bits per heavy atom. The van der Waals surface area contributed by atoms with Crippen LogP contribution in [-0.4, -0.2) is 10.7 Å². The normalized spacial score (nSPS) is 16.5. The number of benzene rings is 2. The number of ketones is 1. The molecule has 0 saturated heterocycles. The summed E-state index contributed by atoms with van der Waals surface area (Å²) in [5, 5.41) is 20.7. The maximum Gasteiger partial charge on any atom is 0.269 e. The Labute approximate surface area is 155 Å². The number of Topliss-reactive ketones (excluding diaryl/α,β-unsaturated/α-hetero) is 1. The third-order valence-electron chi connectivity index (χ3n) is 4.25. The zero-order valence-corrected chi connectivity index (χ0v) is 14.4. The SMILES string of the molecule is CC(=O)C1=C(c2ccccc2)OC(N)=C(C#N)C1c1cccc([N+](=O)[O-])c1. The zero-order chi connectivity index (χ0) is 19.6. The fourth-order valence-electron chi connectivity index (χ4n) is 3.08. The van der Waals surface area contributed by atoms with Gasteiger partial charge in [-0.15, -0.1) is 0 Å². The maximum atomic E-state index is 12.5. The van der Waals surface area contributed by atoms with E-state index in [0.717, 1.165) is 0 Å². The molecule has 7 nitrogen and oxygen atoms in total. The molecule has 0 aromatic heterocycles. The second-order valence-electron chi connectivity index (χ2n) is 5.94. The van der Waals surface area contributed by atoms with Gasteiger partial charge in [-0.25, -0.2) is 0 Å². The minimum absolute atomic E-state index is 0.0420. The van der Waals surface area contributed by atoms with Gasteiger partial charge in [-0.3, -0.25) is 14.9 Å². The highest BCUT2D eigenvalue weighted by Gasteiger charge is 2.36. The molecule has 0 bridgehead atoms. The van der Waals surface area contributed by atoms with Crippen LogP contribution in [-0.2, 0) is 9.53 Å². The number of nitriles is 1. The van der Waals surface area contributed by atoms with E-state index in [-0.39, 0.29) is 34.3 Å². The Kier molecular flexibility index (Phi) is 4.73.